The van der Waals surface area contributed by atoms with E-state index >= 15 is 0 Å². The predicted octanol–water partition coefficient (Wildman–Crippen LogP) is 2.63. The zero-order valence-corrected chi connectivity index (χ0v) is 26.3. The lowest BCUT2D eigenvalue weighted by Crippen LogP contribution is -2.81. The Bertz CT molecular complexity index is 1150. The van der Waals surface area contributed by atoms with Gasteiger partial charge >= 0.3 is 44.9 Å². The van der Waals surface area contributed by atoms with Gasteiger partial charge in [0.15, 0.2) is 0 Å². The quantitative estimate of drug-likeness (QED) is 0.0887. The van der Waals surface area contributed by atoms with E-state index in [0.29, 0.717) is 0 Å². The summed E-state index contributed by atoms with van der Waals surface area (Å²) in [5, 5.41) is 10.6. The molecule has 3 N–H and O–H groups in total. The van der Waals surface area contributed by atoms with Gasteiger partial charge in [-0.05, 0) is 0 Å². The highest BCUT2D eigenvalue weighted by Crippen LogP contribution is 2.37. The lowest BCUT2D eigenvalue weighted by atomic mass is 9.92. The molecule has 0 aliphatic heterocycles. The van der Waals surface area contributed by atoms with E-state index in [-0.39, 0.29) is 13.2 Å². The molecule has 2 atom stereocenters. The van der Waals surface area contributed by atoms with Crippen LogP contribution in [0, 0.1) is 21.5 Å². The molecular weight excluding hydrogens is 712 g/mol. The normalized spacial score (nSPS) is 17.1. The molecule has 2 unspecified atom stereocenters. The van der Waals surface area contributed by atoms with E-state index in [1.807, 2.05) is 0 Å². The molecule has 0 heterocycles. The summed E-state index contributed by atoms with van der Waals surface area (Å²) in [6.07, 6.45) is -11.9. The van der Waals surface area contributed by atoms with Gasteiger partial charge in [0.2, 0.25) is 0 Å². The van der Waals surface area contributed by atoms with Crippen molar-refractivity contribution < 1.29 is 97.5 Å². The van der Waals surface area contributed by atoms with Crippen LogP contribution in [-0.4, -0.2) is 112 Å². The molecule has 46 heavy (non-hydrogen) atoms. The number of hydrogen-bond donors (Lipinski definition) is 2. The summed E-state index contributed by atoms with van der Waals surface area (Å²) >= 11 is 0. The average Bonchev–Trinajstić information content (AvgIpc) is 2.84. The highest BCUT2D eigenvalue weighted by atomic mass is 32.3. The zero-order valence-electron chi connectivity index (χ0n) is 24.7. The van der Waals surface area contributed by atoms with Gasteiger partial charge in [-0.2, -0.15) is 52.3 Å². The van der Waals surface area contributed by atoms with E-state index in [2.05, 4.69) is 17.8 Å². The molecule has 278 valence electrons. The molecule has 0 amide bonds. The van der Waals surface area contributed by atoms with Gasteiger partial charge in [0, 0.05) is 16.2 Å². The van der Waals surface area contributed by atoms with Crippen molar-refractivity contribution in [3.8, 4) is 0 Å². The van der Waals surface area contributed by atoms with Gasteiger partial charge in [-0.15, -0.1) is 8.42 Å². The minimum absolute atomic E-state index is 0.325. The molecule has 0 aliphatic rings. The maximum Gasteiger partial charge on any atom is 0.455 e. The van der Waals surface area contributed by atoms with Crippen LogP contribution >= 0.6 is 0 Å². The second kappa shape index (κ2) is 16.5. The minimum Gasteiger partial charge on any atom is -0.618 e. The molecule has 0 saturated heterocycles. The Morgan fingerprint density at radius 1 is 0.543 bits per heavy atom. The van der Waals surface area contributed by atoms with E-state index < -0.39 is 119 Å². The Labute approximate surface area is 257 Å². The molecular formula is C21H35F10NO12S2. The molecule has 0 aromatic heterocycles. The Hall–Kier alpha value is -1.16. The highest BCUT2D eigenvalue weighted by molar-refractivity contribution is 7.80. The summed E-state index contributed by atoms with van der Waals surface area (Å²) in [6.45, 7) is -4.85. The average molecular weight is 748 g/mol. The fourth-order valence-electron chi connectivity index (χ4n) is 2.92. The number of rotatable bonds is 23. The van der Waals surface area contributed by atoms with Gasteiger partial charge in [-0.3, -0.25) is 9.44 Å². The summed E-state index contributed by atoms with van der Waals surface area (Å²) in [4.78, 5) is -0.588. The zero-order chi connectivity index (χ0) is 36.5. The first kappa shape index (κ1) is 44.8. The summed E-state index contributed by atoms with van der Waals surface area (Å²) in [6, 6.07) is 0. The molecule has 0 fully saturated rings. The summed E-state index contributed by atoms with van der Waals surface area (Å²) in [5.41, 5.74) is -4.50. The van der Waals surface area contributed by atoms with Gasteiger partial charge < -0.3 is 24.2 Å². The van der Waals surface area contributed by atoms with Crippen LogP contribution in [0.3, 0.4) is 0 Å². The van der Waals surface area contributed by atoms with Crippen LogP contribution < -0.4 is 4.89 Å². The highest BCUT2D eigenvalue weighted by Gasteiger charge is 2.58. The fraction of sp³-hybridized carbons (Fsp3) is 1.00. The van der Waals surface area contributed by atoms with Crippen molar-refractivity contribution in [2.24, 2.45) is 16.2 Å². The third-order valence-corrected chi connectivity index (χ3v) is 6.53. The maximum atomic E-state index is 13.2. The SMILES string of the molecule is CC(C)(COCC(C)(COCC(F)(F)C(F)(F)F)COS(=O)(=O)O)COCC(C)(COCC(F)(F)C(F)(F)F)COS(=O)(=O)[NH2+][O-]. The van der Waals surface area contributed by atoms with E-state index in [1.54, 1.807) is 0 Å². The Balaban J connectivity index is 5.37. The third-order valence-electron chi connectivity index (χ3n) is 5.43. The van der Waals surface area contributed by atoms with Crippen LogP contribution in [0.15, 0.2) is 0 Å². The standard InChI is InChI=1S/C21H35F10NO12S2/c1-15(2,6-40-8-17(4,12-44-46(36,37)38)10-42-14-19(24,25)21(29,30)31)5-39-7-16(3,11-43-45(34,35)32-33)9-41-13-18(22,23)20(26,27)28/h5-14,32H2,1-4H3,(H,36,37,38). The Kier molecular flexibility index (Phi) is 16.1. The monoisotopic (exact) mass is 747 g/mol. The molecule has 0 spiro atoms. The first-order valence-electron chi connectivity index (χ1n) is 12.5. The second-order valence-electron chi connectivity index (χ2n) is 11.7. The van der Waals surface area contributed by atoms with Crippen LogP contribution in [0.1, 0.15) is 27.7 Å². The number of halogens is 10. The van der Waals surface area contributed by atoms with Crippen molar-refractivity contribution in [2.75, 3.05) is 66.1 Å². The summed E-state index contributed by atoms with van der Waals surface area (Å²) in [7, 11) is -9.84. The molecule has 0 aliphatic carbocycles. The number of nitrogens with two attached hydrogens (primary N) is 1. The predicted molar refractivity (Wildman–Crippen MR) is 133 cm³/mol. The van der Waals surface area contributed by atoms with Crippen molar-refractivity contribution in [3.05, 3.63) is 5.21 Å². The van der Waals surface area contributed by atoms with Crippen LogP contribution in [0.2, 0.25) is 0 Å². The van der Waals surface area contributed by atoms with Crippen molar-refractivity contribution in [1.29, 1.82) is 0 Å². The van der Waals surface area contributed by atoms with Crippen molar-refractivity contribution in [2.45, 2.75) is 51.9 Å². The topological polar surface area (TPSA) is 184 Å². The van der Waals surface area contributed by atoms with Crippen LogP contribution in [0.5, 0.6) is 0 Å². The van der Waals surface area contributed by atoms with E-state index in [1.165, 1.54) is 13.8 Å². The van der Waals surface area contributed by atoms with E-state index in [9.17, 15) is 65.9 Å². The maximum absolute atomic E-state index is 13.2. The Morgan fingerprint density at radius 2 is 0.848 bits per heavy atom. The molecule has 0 bridgehead atoms. The first-order chi connectivity index (χ1) is 20.3. The molecule has 0 radical (unpaired) electrons. The number of quaternary nitrogens is 1. The lowest BCUT2D eigenvalue weighted by molar-refractivity contribution is -0.428. The summed E-state index contributed by atoms with van der Waals surface area (Å²) in [5.74, 6) is -10.5. The van der Waals surface area contributed by atoms with Crippen LogP contribution in [0.4, 0.5) is 43.9 Å². The third kappa shape index (κ3) is 17.3. The van der Waals surface area contributed by atoms with Gasteiger partial charge in [-0.1, -0.05) is 27.7 Å². The van der Waals surface area contributed by atoms with Gasteiger partial charge in [-0.25, -0.2) is 8.37 Å². The molecule has 0 saturated carbocycles. The number of alkyl halides is 10. The smallest absolute Gasteiger partial charge is 0.455 e. The first-order valence-corrected chi connectivity index (χ1v) is 15.3. The lowest BCUT2D eigenvalue weighted by Gasteiger charge is -2.33. The number of ether oxygens (including phenoxy) is 4. The fourth-order valence-corrected chi connectivity index (χ4v) is 3.86. The summed E-state index contributed by atoms with van der Waals surface area (Å²) < 4.78 is 209. The second-order valence-corrected chi connectivity index (χ2v) is 14.2. The van der Waals surface area contributed by atoms with Gasteiger partial charge in [0.05, 0.1) is 52.9 Å². The molecule has 0 rings (SSSR count). The minimum atomic E-state index is -5.95. The molecule has 13 nitrogen and oxygen atoms in total. The Morgan fingerprint density at radius 3 is 1.13 bits per heavy atom. The van der Waals surface area contributed by atoms with E-state index in [4.69, 9.17) is 14.0 Å². The van der Waals surface area contributed by atoms with Crippen LogP contribution in [-0.2, 0) is 48.0 Å². The van der Waals surface area contributed by atoms with Crippen molar-refractivity contribution in [3.63, 3.8) is 0 Å². The molecule has 0 aromatic rings. The van der Waals surface area contributed by atoms with Gasteiger partial charge in [0.25, 0.3) is 0 Å². The van der Waals surface area contributed by atoms with Crippen LogP contribution in [0.25, 0.3) is 0 Å². The number of hydrogen-bond acceptors (Lipinski definition) is 11. The molecule has 25 heteroatoms. The van der Waals surface area contributed by atoms with Gasteiger partial charge in [0.1, 0.15) is 13.2 Å². The van der Waals surface area contributed by atoms with Crippen molar-refractivity contribution in [1.82, 2.24) is 0 Å². The molecule has 0 aromatic carbocycles. The van der Waals surface area contributed by atoms with Crippen molar-refractivity contribution >= 4 is 20.7 Å². The largest absolute Gasteiger partial charge is 0.618 e. The van der Waals surface area contributed by atoms with E-state index in [0.717, 1.165) is 13.8 Å².